The monoisotopic (exact) mass is 235 g/mol. The lowest BCUT2D eigenvalue weighted by atomic mass is 9.94. The molecule has 17 heavy (non-hydrogen) atoms. The van der Waals surface area contributed by atoms with Crippen LogP contribution in [-0.4, -0.2) is 19.2 Å². The molecule has 0 spiro atoms. The fraction of sp³-hybridized carbons (Fsp3) is 0.600. The van der Waals surface area contributed by atoms with Crippen LogP contribution in [-0.2, 0) is 0 Å². The summed E-state index contributed by atoms with van der Waals surface area (Å²) >= 11 is 0. The van der Waals surface area contributed by atoms with Crippen LogP contribution in [0.5, 0.6) is 5.75 Å². The summed E-state index contributed by atoms with van der Waals surface area (Å²) < 4.78 is 5.89. The quantitative estimate of drug-likeness (QED) is 0.816. The lowest BCUT2D eigenvalue weighted by molar-refractivity contribution is 0.173. The summed E-state index contributed by atoms with van der Waals surface area (Å²) in [6.07, 6.45) is 0. The van der Waals surface area contributed by atoms with Crippen molar-refractivity contribution in [2.45, 2.75) is 40.7 Å². The van der Waals surface area contributed by atoms with Crippen LogP contribution in [0.3, 0.4) is 0 Å². The number of rotatable bonds is 6. The van der Waals surface area contributed by atoms with Gasteiger partial charge in [0.2, 0.25) is 0 Å². The Labute approximate surface area is 105 Å². The molecule has 0 saturated heterocycles. The first-order chi connectivity index (χ1) is 7.91. The van der Waals surface area contributed by atoms with Crippen molar-refractivity contribution in [1.82, 2.24) is 5.32 Å². The highest BCUT2D eigenvalue weighted by Crippen LogP contribution is 2.21. The third-order valence-corrected chi connectivity index (χ3v) is 2.70. The molecule has 0 heterocycles. The molecule has 0 unspecified atom stereocenters. The van der Waals surface area contributed by atoms with Crippen molar-refractivity contribution in [2.24, 2.45) is 5.41 Å². The van der Waals surface area contributed by atoms with E-state index in [1.54, 1.807) is 0 Å². The summed E-state index contributed by atoms with van der Waals surface area (Å²) in [5.41, 5.74) is 1.34. The van der Waals surface area contributed by atoms with Gasteiger partial charge in [0.25, 0.3) is 0 Å². The van der Waals surface area contributed by atoms with Crippen molar-refractivity contribution in [1.29, 1.82) is 0 Å². The van der Waals surface area contributed by atoms with E-state index < -0.39 is 0 Å². The van der Waals surface area contributed by atoms with E-state index >= 15 is 0 Å². The van der Waals surface area contributed by atoms with E-state index in [4.69, 9.17) is 4.74 Å². The molecule has 0 atom stereocenters. The maximum Gasteiger partial charge on any atom is 0.122 e. The molecule has 1 rings (SSSR count). The molecule has 0 fully saturated rings. The zero-order valence-corrected chi connectivity index (χ0v) is 11.7. The number of aryl methyl sites for hydroxylation is 1. The smallest absolute Gasteiger partial charge is 0.122 e. The molecule has 1 aromatic rings. The molecule has 0 aliphatic rings. The molecule has 0 bridgehead atoms. The van der Waals surface area contributed by atoms with Gasteiger partial charge in [-0.15, -0.1) is 0 Å². The van der Waals surface area contributed by atoms with Crippen LogP contribution in [0.15, 0.2) is 24.3 Å². The van der Waals surface area contributed by atoms with Gasteiger partial charge in [0.05, 0.1) is 6.61 Å². The van der Waals surface area contributed by atoms with Crippen molar-refractivity contribution in [2.75, 3.05) is 13.2 Å². The molecule has 0 aliphatic carbocycles. The number of hydrogen-bond acceptors (Lipinski definition) is 2. The lowest BCUT2D eigenvalue weighted by Gasteiger charge is -2.26. The van der Waals surface area contributed by atoms with Crippen LogP contribution in [0.4, 0.5) is 0 Å². The average molecular weight is 235 g/mol. The molecular formula is C15H25NO. The van der Waals surface area contributed by atoms with Crippen LogP contribution >= 0.6 is 0 Å². The first-order valence-corrected chi connectivity index (χ1v) is 6.32. The van der Waals surface area contributed by atoms with E-state index in [1.807, 2.05) is 18.2 Å². The standard InChI is InChI=1S/C15H25NO/c1-12(2)16-10-15(4,5)11-17-14-9-7-6-8-13(14)3/h6-9,12,16H,10-11H2,1-5H3. The molecule has 0 radical (unpaired) electrons. The van der Waals surface area contributed by atoms with Gasteiger partial charge >= 0.3 is 0 Å². The van der Waals surface area contributed by atoms with Gasteiger partial charge in [-0.1, -0.05) is 45.9 Å². The maximum atomic E-state index is 5.89. The maximum absolute atomic E-state index is 5.89. The van der Waals surface area contributed by atoms with Gasteiger partial charge in [-0.05, 0) is 18.6 Å². The van der Waals surface area contributed by atoms with Crippen molar-refractivity contribution in [3.05, 3.63) is 29.8 Å². The highest BCUT2D eigenvalue weighted by atomic mass is 16.5. The summed E-state index contributed by atoms with van der Waals surface area (Å²) in [6, 6.07) is 8.68. The second-order valence-electron chi connectivity index (χ2n) is 5.75. The molecule has 2 heteroatoms. The number of para-hydroxylation sites is 1. The number of ether oxygens (including phenoxy) is 1. The molecular weight excluding hydrogens is 210 g/mol. The molecule has 96 valence electrons. The molecule has 0 amide bonds. The van der Waals surface area contributed by atoms with Crippen molar-refractivity contribution in [3.63, 3.8) is 0 Å². The fourth-order valence-electron chi connectivity index (χ4n) is 1.52. The fourth-order valence-corrected chi connectivity index (χ4v) is 1.52. The SMILES string of the molecule is Cc1ccccc1OCC(C)(C)CNC(C)C. The predicted octanol–water partition coefficient (Wildman–Crippen LogP) is 3.40. The minimum absolute atomic E-state index is 0.145. The predicted molar refractivity (Wildman–Crippen MR) is 73.6 cm³/mol. The summed E-state index contributed by atoms with van der Waals surface area (Å²) in [5, 5.41) is 3.46. The molecule has 1 N–H and O–H groups in total. The normalized spacial score (nSPS) is 11.9. The first-order valence-electron chi connectivity index (χ1n) is 6.32. The summed E-state index contributed by atoms with van der Waals surface area (Å²) in [6.45, 7) is 12.6. The third-order valence-electron chi connectivity index (χ3n) is 2.70. The van der Waals surface area contributed by atoms with Gasteiger partial charge in [-0.2, -0.15) is 0 Å². The second kappa shape index (κ2) is 6.06. The van der Waals surface area contributed by atoms with E-state index in [9.17, 15) is 0 Å². The summed E-state index contributed by atoms with van der Waals surface area (Å²) in [7, 11) is 0. The Balaban J connectivity index is 2.46. The van der Waals surface area contributed by atoms with E-state index in [2.05, 4.69) is 46.0 Å². The highest BCUT2D eigenvalue weighted by Gasteiger charge is 2.19. The molecule has 0 saturated carbocycles. The van der Waals surface area contributed by atoms with Crippen LogP contribution in [0.2, 0.25) is 0 Å². The topological polar surface area (TPSA) is 21.3 Å². The minimum Gasteiger partial charge on any atom is -0.493 e. The Kier molecular flexibility index (Phi) is 5.01. The van der Waals surface area contributed by atoms with E-state index in [0.29, 0.717) is 6.04 Å². The first kappa shape index (κ1) is 14.0. The Hall–Kier alpha value is -1.02. The summed E-state index contributed by atoms with van der Waals surface area (Å²) in [5.74, 6) is 0.991. The van der Waals surface area contributed by atoms with E-state index in [0.717, 1.165) is 18.9 Å². The number of nitrogens with one attached hydrogen (secondary N) is 1. The molecule has 0 aliphatic heterocycles. The Morgan fingerprint density at radius 2 is 1.88 bits per heavy atom. The Morgan fingerprint density at radius 3 is 2.47 bits per heavy atom. The molecule has 2 nitrogen and oxygen atoms in total. The number of benzene rings is 1. The van der Waals surface area contributed by atoms with Gasteiger partial charge in [0.15, 0.2) is 0 Å². The number of hydrogen-bond donors (Lipinski definition) is 1. The van der Waals surface area contributed by atoms with Crippen LogP contribution in [0, 0.1) is 12.3 Å². The Morgan fingerprint density at radius 1 is 1.24 bits per heavy atom. The summed E-state index contributed by atoms with van der Waals surface area (Å²) in [4.78, 5) is 0. The van der Waals surface area contributed by atoms with Crippen molar-refractivity contribution in [3.8, 4) is 5.75 Å². The lowest BCUT2D eigenvalue weighted by Crippen LogP contribution is -2.37. The second-order valence-corrected chi connectivity index (χ2v) is 5.75. The van der Waals surface area contributed by atoms with Gasteiger partial charge in [0, 0.05) is 18.0 Å². The van der Waals surface area contributed by atoms with Gasteiger partial charge in [-0.25, -0.2) is 0 Å². The molecule has 0 aromatic heterocycles. The zero-order valence-electron chi connectivity index (χ0n) is 11.7. The van der Waals surface area contributed by atoms with Crippen molar-refractivity contribution < 1.29 is 4.74 Å². The van der Waals surface area contributed by atoms with E-state index in [-0.39, 0.29) is 5.41 Å². The Bertz CT molecular complexity index is 345. The van der Waals surface area contributed by atoms with Gasteiger partial charge in [-0.3, -0.25) is 0 Å². The average Bonchev–Trinajstić information content (AvgIpc) is 2.26. The van der Waals surface area contributed by atoms with Gasteiger partial charge < -0.3 is 10.1 Å². The van der Waals surface area contributed by atoms with Crippen LogP contribution < -0.4 is 10.1 Å². The molecule has 1 aromatic carbocycles. The zero-order chi connectivity index (χ0) is 12.9. The van der Waals surface area contributed by atoms with Gasteiger partial charge in [0.1, 0.15) is 5.75 Å². The highest BCUT2D eigenvalue weighted by molar-refractivity contribution is 5.31. The minimum atomic E-state index is 0.145. The van der Waals surface area contributed by atoms with E-state index in [1.165, 1.54) is 5.56 Å². The van der Waals surface area contributed by atoms with Crippen LogP contribution in [0.1, 0.15) is 33.3 Å². The third kappa shape index (κ3) is 5.22. The van der Waals surface area contributed by atoms with Crippen LogP contribution in [0.25, 0.3) is 0 Å². The largest absolute Gasteiger partial charge is 0.493 e. The van der Waals surface area contributed by atoms with Crippen molar-refractivity contribution >= 4 is 0 Å².